The summed E-state index contributed by atoms with van der Waals surface area (Å²) in [7, 11) is 1.87. The molecule has 2 aromatic heterocycles. The molecule has 0 fully saturated rings. The Morgan fingerprint density at radius 1 is 1.53 bits per heavy atom. The largest absolute Gasteiger partial charge is 0.311 e. The van der Waals surface area contributed by atoms with E-state index in [9.17, 15) is 0 Å². The molecule has 2 aromatic rings. The Bertz CT molecular complexity index is 394. The van der Waals surface area contributed by atoms with Crippen LogP contribution in [0.3, 0.4) is 0 Å². The van der Waals surface area contributed by atoms with Crippen LogP contribution < -0.4 is 5.32 Å². The van der Waals surface area contributed by atoms with Gasteiger partial charge in [-0.2, -0.15) is 0 Å². The van der Waals surface area contributed by atoms with Crippen LogP contribution in [0.4, 0.5) is 0 Å². The summed E-state index contributed by atoms with van der Waals surface area (Å²) >= 11 is 1.69. The first kappa shape index (κ1) is 10.3. The highest BCUT2D eigenvalue weighted by Crippen LogP contribution is 2.03. The first-order valence-electron chi connectivity index (χ1n) is 4.79. The molecule has 0 radical (unpaired) electrons. The number of nitrogens with zero attached hydrogens (tertiary/aromatic N) is 4. The lowest BCUT2D eigenvalue weighted by Crippen LogP contribution is -2.16. The molecule has 15 heavy (non-hydrogen) atoms. The quantitative estimate of drug-likeness (QED) is 0.754. The molecule has 0 aliphatic heterocycles. The molecule has 0 amide bonds. The lowest BCUT2D eigenvalue weighted by Gasteiger charge is -1.99. The van der Waals surface area contributed by atoms with E-state index >= 15 is 0 Å². The second-order valence-electron chi connectivity index (χ2n) is 3.24. The van der Waals surface area contributed by atoms with Crippen LogP contribution in [0, 0.1) is 0 Å². The average molecular weight is 223 g/mol. The summed E-state index contributed by atoms with van der Waals surface area (Å²) in [5.41, 5.74) is 0.969. The Hall–Kier alpha value is -1.27. The number of hydrogen-bond acceptors (Lipinski definition) is 5. The average Bonchev–Trinajstić information content (AvgIpc) is 2.84. The van der Waals surface area contributed by atoms with Gasteiger partial charge in [0.1, 0.15) is 0 Å². The number of aromatic nitrogens is 4. The fraction of sp³-hybridized carbons (Fsp3) is 0.444. The van der Waals surface area contributed by atoms with Gasteiger partial charge in [0.15, 0.2) is 0 Å². The molecule has 5 nitrogen and oxygen atoms in total. The lowest BCUT2D eigenvalue weighted by atomic mass is 10.4. The van der Waals surface area contributed by atoms with E-state index < -0.39 is 0 Å². The summed E-state index contributed by atoms with van der Waals surface area (Å²) in [5.74, 6) is 0. The van der Waals surface area contributed by atoms with Crippen molar-refractivity contribution < 1.29 is 0 Å². The van der Waals surface area contributed by atoms with Crippen LogP contribution in [-0.4, -0.2) is 26.5 Å². The summed E-state index contributed by atoms with van der Waals surface area (Å²) < 4.78 is 1.71. The van der Waals surface area contributed by atoms with Crippen LogP contribution in [0.5, 0.6) is 0 Å². The van der Waals surface area contributed by atoms with Crippen molar-refractivity contribution in [3.05, 3.63) is 28.5 Å². The molecule has 0 unspecified atom stereocenters. The van der Waals surface area contributed by atoms with Gasteiger partial charge in [0, 0.05) is 44.3 Å². The SMILES string of the molecule is Cn1cc(CNCCc2nccs2)nn1. The Kier molecular flexibility index (Phi) is 3.41. The van der Waals surface area contributed by atoms with Crippen LogP contribution in [0.1, 0.15) is 10.7 Å². The van der Waals surface area contributed by atoms with Gasteiger partial charge < -0.3 is 5.32 Å². The second-order valence-corrected chi connectivity index (χ2v) is 4.22. The van der Waals surface area contributed by atoms with Gasteiger partial charge in [0.2, 0.25) is 0 Å². The fourth-order valence-corrected chi connectivity index (χ4v) is 1.88. The van der Waals surface area contributed by atoms with E-state index in [1.54, 1.807) is 16.0 Å². The molecule has 0 saturated heterocycles. The minimum atomic E-state index is 0.763. The van der Waals surface area contributed by atoms with Gasteiger partial charge in [0.25, 0.3) is 0 Å². The topological polar surface area (TPSA) is 55.6 Å². The zero-order valence-corrected chi connectivity index (χ0v) is 9.37. The van der Waals surface area contributed by atoms with Crippen LogP contribution in [0.25, 0.3) is 0 Å². The predicted octanol–water partition coefficient (Wildman–Crippen LogP) is 0.604. The molecule has 0 aliphatic carbocycles. The summed E-state index contributed by atoms with van der Waals surface area (Å²) in [6.45, 7) is 1.68. The maximum atomic E-state index is 4.21. The van der Waals surface area contributed by atoms with E-state index in [2.05, 4.69) is 20.6 Å². The number of nitrogens with one attached hydrogen (secondary N) is 1. The molecule has 0 bridgehead atoms. The molecule has 6 heteroatoms. The van der Waals surface area contributed by atoms with Crippen LogP contribution in [0.15, 0.2) is 17.8 Å². The van der Waals surface area contributed by atoms with Crippen LogP contribution >= 0.6 is 11.3 Å². The zero-order chi connectivity index (χ0) is 10.5. The molecule has 2 heterocycles. The summed E-state index contributed by atoms with van der Waals surface area (Å²) in [6, 6.07) is 0. The number of hydrogen-bond donors (Lipinski definition) is 1. The molecule has 1 N–H and O–H groups in total. The van der Waals surface area contributed by atoms with E-state index in [0.717, 1.165) is 25.2 Å². The highest BCUT2D eigenvalue weighted by Gasteiger charge is 1.98. The minimum absolute atomic E-state index is 0.763. The van der Waals surface area contributed by atoms with Crippen molar-refractivity contribution in [1.82, 2.24) is 25.3 Å². The van der Waals surface area contributed by atoms with E-state index in [4.69, 9.17) is 0 Å². The highest BCUT2D eigenvalue weighted by atomic mass is 32.1. The Morgan fingerprint density at radius 2 is 2.47 bits per heavy atom. The van der Waals surface area contributed by atoms with Crippen molar-refractivity contribution >= 4 is 11.3 Å². The smallest absolute Gasteiger partial charge is 0.0964 e. The fourth-order valence-electron chi connectivity index (χ4n) is 1.26. The third-order valence-corrected chi connectivity index (χ3v) is 2.79. The first-order valence-corrected chi connectivity index (χ1v) is 5.67. The summed E-state index contributed by atoms with van der Waals surface area (Å²) in [6.07, 6.45) is 4.72. The molecule has 2 rings (SSSR count). The van der Waals surface area contributed by atoms with Gasteiger partial charge in [-0.3, -0.25) is 4.68 Å². The molecule has 80 valence electrons. The second kappa shape index (κ2) is 4.99. The van der Waals surface area contributed by atoms with Gasteiger partial charge in [-0.05, 0) is 0 Å². The van der Waals surface area contributed by atoms with E-state index in [0.29, 0.717) is 0 Å². The maximum Gasteiger partial charge on any atom is 0.0964 e. The Morgan fingerprint density at radius 3 is 3.13 bits per heavy atom. The van der Waals surface area contributed by atoms with Gasteiger partial charge >= 0.3 is 0 Å². The molecular formula is C9H13N5S. The molecule has 0 saturated carbocycles. The molecule has 0 atom stereocenters. The van der Waals surface area contributed by atoms with Crippen molar-refractivity contribution in [2.24, 2.45) is 7.05 Å². The van der Waals surface area contributed by atoms with Gasteiger partial charge in [-0.1, -0.05) is 5.21 Å². The van der Waals surface area contributed by atoms with Crippen molar-refractivity contribution in [3.8, 4) is 0 Å². The normalized spacial score (nSPS) is 10.7. The van der Waals surface area contributed by atoms with Crippen molar-refractivity contribution in [2.75, 3.05) is 6.54 Å². The third-order valence-electron chi connectivity index (χ3n) is 1.96. The Labute approximate surface area is 92.2 Å². The summed E-state index contributed by atoms with van der Waals surface area (Å²) in [4.78, 5) is 4.21. The standard InChI is InChI=1S/C9H13N5S/c1-14-7-8(12-13-14)6-10-3-2-9-11-4-5-15-9/h4-5,7,10H,2-3,6H2,1H3. The molecule has 0 aliphatic rings. The summed E-state index contributed by atoms with van der Waals surface area (Å²) in [5, 5.41) is 14.3. The number of rotatable bonds is 5. The van der Waals surface area contributed by atoms with Gasteiger partial charge in [-0.25, -0.2) is 4.98 Å². The van der Waals surface area contributed by atoms with E-state index in [1.807, 2.05) is 24.8 Å². The zero-order valence-electron chi connectivity index (χ0n) is 8.55. The highest BCUT2D eigenvalue weighted by molar-refractivity contribution is 7.09. The number of aryl methyl sites for hydroxylation is 1. The third kappa shape index (κ3) is 3.10. The molecular weight excluding hydrogens is 210 g/mol. The maximum absolute atomic E-state index is 4.21. The van der Waals surface area contributed by atoms with Crippen LogP contribution in [-0.2, 0) is 20.0 Å². The molecule has 0 aromatic carbocycles. The van der Waals surface area contributed by atoms with Crippen molar-refractivity contribution in [3.63, 3.8) is 0 Å². The van der Waals surface area contributed by atoms with Crippen molar-refractivity contribution in [1.29, 1.82) is 0 Å². The molecule has 0 spiro atoms. The monoisotopic (exact) mass is 223 g/mol. The van der Waals surface area contributed by atoms with E-state index in [1.165, 1.54) is 5.01 Å². The van der Waals surface area contributed by atoms with Gasteiger partial charge in [-0.15, -0.1) is 16.4 Å². The van der Waals surface area contributed by atoms with Crippen LogP contribution in [0.2, 0.25) is 0 Å². The minimum Gasteiger partial charge on any atom is -0.311 e. The predicted molar refractivity (Wildman–Crippen MR) is 58.5 cm³/mol. The first-order chi connectivity index (χ1) is 7.34. The number of thiazole rings is 1. The lowest BCUT2D eigenvalue weighted by molar-refractivity contribution is 0.668. The van der Waals surface area contributed by atoms with Crippen molar-refractivity contribution in [2.45, 2.75) is 13.0 Å². The Balaban J connectivity index is 1.67. The van der Waals surface area contributed by atoms with Gasteiger partial charge in [0.05, 0.1) is 10.7 Å². The van der Waals surface area contributed by atoms with E-state index in [-0.39, 0.29) is 0 Å².